The number of anilines is 3. The van der Waals surface area contributed by atoms with Gasteiger partial charge >= 0.3 is 6.03 Å². The highest BCUT2D eigenvalue weighted by Crippen LogP contribution is 2.36. The van der Waals surface area contributed by atoms with E-state index in [0.29, 0.717) is 11.6 Å². The third-order valence-corrected chi connectivity index (χ3v) is 5.36. The van der Waals surface area contributed by atoms with Gasteiger partial charge in [-0.2, -0.15) is 0 Å². The van der Waals surface area contributed by atoms with E-state index >= 15 is 0 Å². The number of imide groups is 1. The van der Waals surface area contributed by atoms with Gasteiger partial charge in [-0.1, -0.05) is 36.4 Å². The van der Waals surface area contributed by atoms with Crippen LogP contribution < -0.4 is 4.90 Å². The number of hydrogen-bond donors (Lipinski definition) is 1. The van der Waals surface area contributed by atoms with Crippen LogP contribution in [0.3, 0.4) is 0 Å². The summed E-state index contributed by atoms with van der Waals surface area (Å²) < 4.78 is 6.08. The fourth-order valence-electron chi connectivity index (χ4n) is 3.75. The summed E-state index contributed by atoms with van der Waals surface area (Å²) in [5.41, 5.74) is 1.93. The number of urea groups is 1. The van der Waals surface area contributed by atoms with Gasteiger partial charge in [0.25, 0.3) is 5.91 Å². The maximum Gasteiger partial charge on any atom is 0.329 e. The molecule has 1 N–H and O–H groups in total. The van der Waals surface area contributed by atoms with Crippen LogP contribution in [0.5, 0.6) is 0 Å². The molecule has 1 unspecified atom stereocenters. The van der Waals surface area contributed by atoms with E-state index in [1.807, 2.05) is 71.6 Å². The molecule has 7 heteroatoms. The molecule has 3 amide bonds. The average molecular weight is 431 g/mol. The largest absolute Gasteiger partial charge is 0.440 e. The predicted octanol–water partition coefficient (Wildman–Crippen LogP) is 4.76. The molecule has 7 nitrogen and oxygen atoms in total. The minimum atomic E-state index is -1.32. The zero-order valence-corrected chi connectivity index (χ0v) is 18.0. The van der Waals surface area contributed by atoms with E-state index in [4.69, 9.17) is 4.42 Å². The molecule has 0 radical (unpaired) electrons. The van der Waals surface area contributed by atoms with Gasteiger partial charge in [0.15, 0.2) is 6.23 Å². The molecular weight excluding hydrogens is 406 g/mol. The highest BCUT2D eigenvalue weighted by molar-refractivity contribution is 6.09. The molecule has 32 heavy (non-hydrogen) atoms. The number of nitrogens with zero attached hydrogens (tertiary/aromatic N) is 3. The summed E-state index contributed by atoms with van der Waals surface area (Å²) in [6.07, 6.45) is 0.179. The van der Waals surface area contributed by atoms with Crippen LogP contribution in [0.25, 0.3) is 6.08 Å². The van der Waals surface area contributed by atoms with Crippen molar-refractivity contribution in [2.45, 2.75) is 20.1 Å². The van der Waals surface area contributed by atoms with Crippen molar-refractivity contribution in [1.29, 1.82) is 0 Å². The Kier molecular flexibility index (Phi) is 6.09. The molecular formula is C25H25N3O4. The molecule has 4 rings (SSSR count). The SMILES string of the molecule is CCN1C(=O)/C(=C/c2ccc(N(c3ccccc3)c3ccccc3)o2)C(O)N(CC)C1=O. The van der Waals surface area contributed by atoms with Crippen LogP contribution in [0.4, 0.5) is 22.1 Å². The highest BCUT2D eigenvalue weighted by atomic mass is 16.4. The van der Waals surface area contributed by atoms with Gasteiger partial charge in [0.05, 0.1) is 5.57 Å². The number of likely N-dealkylation sites (N-methyl/N-ethyl adjacent to an activating group) is 2. The Labute approximate surface area is 186 Å². The quantitative estimate of drug-likeness (QED) is 0.570. The van der Waals surface area contributed by atoms with Gasteiger partial charge in [-0.15, -0.1) is 0 Å². The van der Waals surface area contributed by atoms with Crippen LogP contribution in [0, 0.1) is 0 Å². The number of aliphatic hydroxyl groups excluding tert-OH is 1. The van der Waals surface area contributed by atoms with E-state index in [1.54, 1.807) is 19.9 Å². The number of carbonyl (C=O) groups is 2. The minimum Gasteiger partial charge on any atom is -0.440 e. The van der Waals surface area contributed by atoms with Crippen LogP contribution in [0.2, 0.25) is 0 Å². The van der Waals surface area contributed by atoms with Gasteiger partial charge in [-0.05, 0) is 50.3 Å². The molecule has 1 aliphatic rings. The zero-order chi connectivity index (χ0) is 22.7. The smallest absolute Gasteiger partial charge is 0.329 e. The van der Waals surface area contributed by atoms with Gasteiger partial charge in [0.2, 0.25) is 5.88 Å². The lowest BCUT2D eigenvalue weighted by Crippen LogP contribution is -2.58. The predicted molar refractivity (Wildman–Crippen MR) is 123 cm³/mol. The lowest BCUT2D eigenvalue weighted by molar-refractivity contribution is -0.130. The lowest BCUT2D eigenvalue weighted by Gasteiger charge is -2.38. The molecule has 0 bridgehead atoms. The molecule has 0 saturated carbocycles. The third kappa shape index (κ3) is 3.90. The number of para-hydroxylation sites is 2. The number of carbonyl (C=O) groups excluding carboxylic acids is 2. The van der Waals surface area contributed by atoms with Crippen LogP contribution in [-0.4, -0.2) is 46.2 Å². The Bertz CT molecular complexity index is 1080. The van der Waals surface area contributed by atoms with Gasteiger partial charge in [-0.3, -0.25) is 19.5 Å². The number of benzene rings is 2. The molecule has 3 aromatic rings. The van der Waals surface area contributed by atoms with E-state index in [0.717, 1.165) is 16.3 Å². The standard InChI is InChI=1S/C25H25N3O4/c1-3-26-23(29)21(24(30)27(4-2)25(26)31)17-20-15-16-22(32-20)28(18-11-7-5-8-12-18)19-13-9-6-10-14-19/h5-17,23,29H,3-4H2,1-2H3/b21-17+. The second-order valence-corrected chi connectivity index (χ2v) is 7.27. The molecule has 1 fully saturated rings. The number of aliphatic hydroxyl groups is 1. The normalized spacial score (nSPS) is 17.8. The van der Waals surface area contributed by atoms with Crippen molar-refractivity contribution in [3.63, 3.8) is 0 Å². The summed E-state index contributed by atoms with van der Waals surface area (Å²) in [5, 5.41) is 10.7. The van der Waals surface area contributed by atoms with E-state index in [-0.39, 0.29) is 18.7 Å². The summed E-state index contributed by atoms with van der Waals surface area (Å²) in [6.45, 7) is 3.98. The fraction of sp³-hybridized carbons (Fsp3) is 0.200. The number of hydrogen-bond acceptors (Lipinski definition) is 5. The average Bonchev–Trinajstić information content (AvgIpc) is 3.27. The third-order valence-electron chi connectivity index (χ3n) is 5.36. The maximum atomic E-state index is 12.8. The lowest BCUT2D eigenvalue weighted by atomic mass is 10.1. The molecule has 1 aliphatic heterocycles. The molecule has 2 aromatic carbocycles. The van der Waals surface area contributed by atoms with Crippen molar-refractivity contribution in [1.82, 2.24) is 9.80 Å². The van der Waals surface area contributed by atoms with Gasteiger partial charge in [0, 0.05) is 30.5 Å². The first kappa shape index (κ1) is 21.4. The second-order valence-electron chi connectivity index (χ2n) is 7.27. The number of amides is 3. The monoisotopic (exact) mass is 431 g/mol. The van der Waals surface area contributed by atoms with Crippen molar-refractivity contribution in [2.75, 3.05) is 18.0 Å². The maximum absolute atomic E-state index is 12.8. The second kappa shape index (κ2) is 9.11. The first-order valence-corrected chi connectivity index (χ1v) is 10.6. The summed E-state index contributed by atoms with van der Waals surface area (Å²) >= 11 is 0. The van der Waals surface area contributed by atoms with Crippen molar-refractivity contribution < 1.29 is 19.1 Å². The summed E-state index contributed by atoms with van der Waals surface area (Å²) in [4.78, 5) is 29.6. The molecule has 1 aromatic heterocycles. The Hall–Kier alpha value is -3.84. The molecule has 2 heterocycles. The molecule has 1 atom stereocenters. The van der Waals surface area contributed by atoms with E-state index in [1.165, 1.54) is 11.0 Å². The molecule has 1 saturated heterocycles. The van der Waals surface area contributed by atoms with Crippen molar-refractivity contribution >= 4 is 35.3 Å². The molecule has 164 valence electrons. The van der Waals surface area contributed by atoms with Crippen molar-refractivity contribution in [2.24, 2.45) is 0 Å². The Balaban J connectivity index is 1.73. The van der Waals surface area contributed by atoms with Gasteiger partial charge in [-0.25, -0.2) is 4.79 Å². The minimum absolute atomic E-state index is 0.0974. The van der Waals surface area contributed by atoms with E-state index in [2.05, 4.69) is 0 Å². The number of rotatable bonds is 6. The fourth-order valence-corrected chi connectivity index (χ4v) is 3.75. The van der Waals surface area contributed by atoms with E-state index < -0.39 is 18.2 Å². The molecule has 0 aliphatic carbocycles. The van der Waals surface area contributed by atoms with Crippen LogP contribution in [-0.2, 0) is 4.79 Å². The van der Waals surface area contributed by atoms with Gasteiger partial charge < -0.3 is 9.52 Å². The summed E-state index contributed by atoms with van der Waals surface area (Å²) in [6, 6.07) is 22.7. The van der Waals surface area contributed by atoms with Crippen molar-refractivity contribution in [3.05, 3.63) is 84.1 Å². The zero-order valence-electron chi connectivity index (χ0n) is 18.0. The Morgan fingerprint density at radius 2 is 1.50 bits per heavy atom. The topological polar surface area (TPSA) is 77.2 Å². The van der Waals surface area contributed by atoms with Gasteiger partial charge in [0.1, 0.15) is 5.76 Å². The van der Waals surface area contributed by atoms with Crippen molar-refractivity contribution in [3.8, 4) is 0 Å². The Morgan fingerprint density at radius 3 is 2.03 bits per heavy atom. The summed E-state index contributed by atoms with van der Waals surface area (Å²) in [7, 11) is 0. The molecule has 0 spiro atoms. The first-order chi connectivity index (χ1) is 15.5. The van der Waals surface area contributed by atoms with Crippen LogP contribution >= 0.6 is 0 Å². The number of furan rings is 1. The Morgan fingerprint density at radius 1 is 0.906 bits per heavy atom. The summed E-state index contributed by atoms with van der Waals surface area (Å²) in [5.74, 6) is 0.444. The van der Waals surface area contributed by atoms with Crippen LogP contribution in [0.15, 0.2) is 82.8 Å². The van der Waals surface area contributed by atoms with E-state index in [9.17, 15) is 14.7 Å². The first-order valence-electron chi connectivity index (χ1n) is 10.6. The highest BCUT2D eigenvalue weighted by Gasteiger charge is 2.40. The van der Waals surface area contributed by atoms with Crippen LogP contribution in [0.1, 0.15) is 19.6 Å².